The summed E-state index contributed by atoms with van der Waals surface area (Å²) in [5.41, 5.74) is 3.46. The van der Waals surface area contributed by atoms with Crippen molar-refractivity contribution < 1.29 is 4.79 Å². The highest BCUT2D eigenvalue weighted by atomic mass is 32.1. The number of anilines is 2. The van der Waals surface area contributed by atoms with Crippen LogP contribution in [0.5, 0.6) is 0 Å². The minimum Gasteiger partial charge on any atom is -0.369 e. The molecule has 6 nitrogen and oxygen atoms in total. The van der Waals surface area contributed by atoms with Gasteiger partial charge in [-0.3, -0.25) is 9.69 Å². The van der Waals surface area contributed by atoms with Crippen LogP contribution in [0.3, 0.4) is 0 Å². The number of rotatable bonds is 4. The van der Waals surface area contributed by atoms with Gasteiger partial charge in [0.05, 0.1) is 23.4 Å². The SMILES string of the molecule is CC1CCc2c(sc(NC(=O)CN3CCCN(c4ccccc4C#N)CC3)c2C#N)C1. The number of nitrogens with zero attached hydrogens (tertiary/aromatic N) is 4. The molecule has 0 bridgehead atoms. The Hall–Kier alpha value is -2.87. The van der Waals surface area contributed by atoms with Crippen LogP contribution in [0.1, 0.15) is 41.3 Å². The molecule has 0 spiro atoms. The summed E-state index contributed by atoms with van der Waals surface area (Å²) >= 11 is 1.57. The Morgan fingerprint density at radius 2 is 2.03 bits per heavy atom. The minimum absolute atomic E-state index is 0.0611. The highest BCUT2D eigenvalue weighted by molar-refractivity contribution is 7.16. The molecule has 1 N–H and O–H groups in total. The van der Waals surface area contributed by atoms with E-state index in [0.717, 1.165) is 63.1 Å². The van der Waals surface area contributed by atoms with Crippen LogP contribution in [-0.2, 0) is 17.6 Å². The zero-order chi connectivity index (χ0) is 21.8. The number of amides is 1. The number of para-hydroxylation sites is 1. The smallest absolute Gasteiger partial charge is 0.239 e. The largest absolute Gasteiger partial charge is 0.369 e. The van der Waals surface area contributed by atoms with E-state index >= 15 is 0 Å². The summed E-state index contributed by atoms with van der Waals surface area (Å²) in [6.45, 7) is 5.80. The van der Waals surface area contributed by atoms with Gasteiger partial charge in [-0.2, -0.15) is 10.5 Å². The van der Waals surface area contributed by atoms with Crippen molar-refractivity contribution in [2.75, 3.05) is 42.9 Å². The van der Waals surface area contributed by atoms with E-state index in [1.165, 1.54) is 4.88 Å². The number of benzene rings is 1. The highest BCUT2D eigenvalue weighted by Crippen LogP contribution is 2.39. The minimum atomic E-state index is -0.0611. The molecule has 1 saturated heterocycles. The summed E-state index contributed by atoms with van der Waals surface area (Å²) in [6.07, 6.45) is 3.96. The summed E-state index contributed by atoms with van der Waals surface area (Å²) < 4.78 is 0. The van der Waals surface area contributed by atoms with E-state index in [-0.39, 0.29) is 5.91 Å². The fourth-order valence-corrected chi connectivity index (χ4v) is 5.92. The van der Waals surface area contributed by atoms with Crippen molar-refractivity contribution in [3.8, 4) is 12.1 Å². The van der Waals surface area contributed by atoms with E-state index < -0.39 is 0 Å². The first kappa shape index (κ1) is 21.4. The van der Waals surface area contributed by atoms with Crippen LogP contribution in [0.2, 0.25) is 0 Å². The topological polar surface area (TPSA) is 83.2 Å². The van der Waals surface area contributed by atoms with E-state index in [0.29, 0.717) is 28.6 Å². The van der Waals surface area contributed by atoms with Crippen molar-refractivity contribution in [3.05, 3.63) is 45.8 Å². The van der Waals surface area contributed by atoms with Gasteiger partial charge in [0.25, 0.3) is 0 Å². The third kappa shape index (κ3) is 4.74. The molecular weight excluding hydrogens is 406 g/mol. The van der Waals surface area contributed by atoms with Gasteiger partial charge in [0, 0.05) is 31.1 Å². The quantitative estimate of drug-likeness (QED) is 0.794. The van der Waals surface area contributed by atoms with Gasteiger partial charge in [-0.05, 0) is 49.3 Å². The zero-order valence-corrected chi connectivity index (χ0v) is 18.7. The van der Waals surface area contributed by atoms with Crippen molar-refractivity contribution in [3.63, 3.8) is 0 Å². The van der Waals surface area contributed by atoms with Crippen LogP contribution >= 0.6 is 11.3 Å². The average Bonchev–Trinajstić information content (AvgIpc) is 2.93. The van der Waals surface area contributed by atoms with Gasteiger partial charge in [-0.1, -0.05) is 19.1 Å². The second-order valence-electron chi connectivity index (χ2n) is 8.46. The summed E-state index contributed by atoms with van der Waals surface area (Å²) in [4.78, 5) is 18.4. The van der Waals surface area contributed by atoms with Crippen molar-refractivity contribution in [1.29, 1.82) is 10.5 Å². The Morgan fingerprint density at radius 3 is 2.84 bits per heavy atom. The molecule has 1 aromatic heterocycles. The molecule has 7 heteroatoms. The second-order valence-corrected chi connectivity index (χ2v) is 9.57. The van der Waals surface area contributed by atoms with E-state index in [1.807, 2.05) is 24.3 Å². The van der Waals surface area contributed by atoms with Crippen LogP contribution in [0.15, 0.2) is 24.3 Å². The molecule has 2 aromatic rings. The Labute approximate surface area is 187 Å². The summed E-state index contributed by atoms with van der Waals surface area (Å²) in [6, 6.07) is 12.3. The molecule has 1 aromatic carbocycles. The van der Waals surface area contributed by atoms with Gasteiger partial charge in [-0.15, -0.1) is 11.3 Å². The third-order valence-electron chi connectivity index (χ3n) is 6.20. The lowest BCUT2D eigenvalue weighted by molar-refractivity contribution is -0.117. The van der Waals surface area contributed by atoms with Crippen molar-refractivity contribution in [1.82, 2.24) is 4.90 Å². The first-order chi connectivity index (χ1) is 15.1. The number of hydrogen-bond acceptors (Lipinski definition) is 6. The molecule has 2 heterocycles. The summed E-state index contributed by atoms with van der Waals surface area (Å²) in [5, 5.41) is 22.8. The molecule has 0 radical (unpaired) electrons. The molecule has 2 aliphatic rings. The first-order valence-electron chi connectivity index (χ1n) is 10.9. The maximum Gasteiger partial charge on any atom is 0.239 e. The monoisotopic (exact) mass is 433 g/mol. The van der Waals surface area contributed by atoms with Gasteiger partial charge in [0.1, 0.15) is 17.1 Å². The number of fused-ring (bicyclic) bond motifs is 1. The lowest BCUT2D eigenvalue weighted by atomic mass is 9.89. The number of carbonyl (C=O) groups is 1. The summed E-state index contributed by atoms with van der Waals surface area (Å²) in [7, 11) is 0. The zero-order valence-electron chi connectivity index (χ0n) is 17.9. The number of nitriles is 2. The van der Waals surface area contributed by atoms with E-state index in [9.17, 15) is 15.3 Å². The van der Waals surface area contributed by atoms with Crippen molar-refractivity contribution in [2.24, 2.45) is 5.92 Å². The Balaban J connectivity index is 1.38. The van der Waals surface area contributed by atoms with Gasteiger partial charge in [0.15, 0.2) is 0 Å². The number of carbonyl (C=O) groups excluding carboxylic acids is 1. The lowest BCUT2D eigenvalue weighted by Crippen LogP contribution is -2.36. The standard InChI is InChI=1S/C24H27N5OS/c1-17-7-8-19-20(15-26)24(31-22(19)13-17)27-23(30)16-28-9-4-10-29(12-11-28)21-6-3-2-5-18(21)14-25/h2-3,5-6,17H,4,7-13,16H2,1H3,(H,27,30). The average molecular weight is 434 g/mol. The maximum atomic E-state index is 12.8. The molecule has 0 saturated carbocycles. The predicted molar refractivity (Wildman–Crippen MR) is 123 cm³/mol. The molecule has 1 atom stereocenters. The fourth-order valence-electron chi connectivity index (χ4n) is 4.54. The normalized spacial score (nSPS) is 19.1. The van der Waals surface area contributed by atoms with Gasteiger partial charge in [-0.25, -0.2) is 0 Å². The maximum absolute atomic E-state index is 12.8. The third-order valence-corrected chi connectivity index (χ3v) is 7.37. The van der Waals surface area contributed by atoms with Gasteiger partial charge >= 0.3 is 0 Å². The van der Waals surface area contributed by atoms with Crippen LogP contribution in [0, 0.1) is 28.6 Å². The van der Waals surface area contributed by atoms with Crippen molar-refractivity contribution >= 4 is 27.9 Å². The molecule has 4 rings (SSSR count). The molecular formula is C24H27N5OS. The van der Waals surface area contributed by atoms with Crippen LogP contribution in [0.4, 0.5) is 10.7 Å². The van der Waals surface area contributed by atoms with Crippen LogP contribution in [-0.4, -0.2) is 43.5 Å². The fraction of sp³-hybridized carbons (Fsp3) is 0.458. The van der Waals surface area contributed by atoms with Gasteiger partial charge < -0.3 is 10.2 Å². The Kier molecular flexibility index (Phi) is 6.56. The van der Waals surface area contributed by atoms with Crippen LogP contribution in [0.25, 0.3) is 0 Å². The predicted octanol–water partition coefficient (Wildman–Crippen LogP) is 3.77. The Bertz CT molecular complexity index is 1050. The molecule has 1 fully saturated rings. The van der Waals surface area contributed by atoms with E-state index in [2.05, 4.69) is 34.2 Å². The van der Waals surface area contributed by atoms with E-state index in [4.69, 9.17) is 0 Å². The number of hydrogen-bond donors (Lipinski definition) is 1. The summed E-state index contributed by atoms with van der Waals surface area (Å²) in [5.74, 6) is 0.571. The molecule has 1 unspecified atom stereocenters. The lowest BCUT2D eigenvalue weighted by Gasteiger charge is -2.24. The van der Waals surface area contributed by atoms with Crippen molar-refractivity contribution in [2.45, 2.75) is 32.6 Å². The molecule has 160 valence electrons. The first-order valence-corrected chi connectivity index (χ1v) is 11.7. The Morgan fingerprint density at radius 1 is 1.19 bits per heavy atom. The number of nitrogens with one attached hydrogen (secondary N) is 1. The second kappa shape index (κ2) is 9.51. The molecule has 1 amide bonds. The molecule has 1 aliphatic carbocycles. The van der Waals surface area contributed by atoms with E-state index in [1.54, 1.807) is 11.3 Å². The molecule has 1 aliphatic heterocycles. The number of thiophene rings is 1. The van der Waals surface area contributed by atoms with Gasteiger partial charge in [0.2, 0.25) is 5.91 Å². The highest BCUT2D eigenvalue weighted by Gasteiger charge is 2.25. The van der Waals surface area contributed by atoms with Crippen LogP contribution < -0.4 is 10.2 Å². The molecule has 31 heavy (non-hydrogen) atoms.